The van der Waals surface area contributed by atoms with Gasteiger partial charge >= 0.3 is 6.09 Å². The SMILES string of the molecule is CC(C)(C)OC(=O)N1CCN(CC2CN(c3cnc(C=O)cn3)C2)CC1. The fourth-order valence-electron chi connectivity index (χ4n) is 3.23. The molecule has 0 spiro atoms. The van der Waals surface area contributed by atoms with Gasteiger partial charge in [-0.05, 0) is 20.8 Å². The number of ether oxygens (including phenoxy) is 1. The van der Waals surface area contributed by atoms with Crippen LogP contribution in [0.25, 0.3) is 0 Å². The van der Waals surface area contributed by atoms with Crippen LogP contribution >= 0.6 is 0 Å². The maximum absolute atomic E-state index is 12.1. The Kier molecular flexibility index (Phi) is 5.41. The average Bonchev–Trinajstić information content (AvgIpc) is 2.57. The Labute approximate surface area is 154 Å². The van der Waals surface area contributed by atoms with Gasteiger partial charge in [-0.3, -0.25) is 9.69 Å². The van der Waals surface area contributed by atoms with E-state index in [0.29, 0.717) is 31.0 Å². The quantitative estimate of drug-likeness (QED) is 0.748. The third kappa shape index (κ3) is 4.69. The van der Waals surface area contributed by atoms with Gasteiger partial charge < -0.3 is 14.5 Å². The summed E-state index contributed by atoms with van der Waals surface area (Å²) in [6.07, 6.45) is 3.64. The highest BCUT2D eigenvalue weighted by atomic mass is 16.6. The second kappa shape index (κ2) is 7.57. The van der Waals surface area contributed by atoms with Gasteiger partial charge in [0.2, 0.25) is 0 Å². The van der Waals surface area contributed by atoms with Gasteiger partial charge in [0, 0.05) is 51.7 Å². The fourth-order valence-corrected chi connectivity index (χ4v) is 3.23. The van der Waals surface area contributed by atoms with Crippen LogP contribution in [-0.2, 0) is 4.74 Å². The molecule has 3 rings (SSSR count). The Morgan fingerprint density at radius 3 is 2.42 bits per heavy atom. The number of aromatic nitrogens is 2. The summed E-state index contributed by atoms with van der Waals surface area (Å²) in [7, 11) is 0. The zero-order chi connectivity index (χ0) is 18.7. The molecule has 0 atom stereocenters. The lowest BCUT2D eigenvalue weighted by Gasteiger charge is -2.44. The van der Waals surface area contributed by atoms with Crippen LogP contribution in [0.1, 0.15) is 31.3 Å². The minimum absolute atomic E-state index is 0.218. The molecule has 1 aromatic rings. The van der Waals surface area contributed by atoms with Gasteiger partial charge in [0.1, 0.15) is 17.1 Å². The number of hydrogen-bond acceptors (Lipinski definition) is 7. The minimum atomic E-state index is -0.448. The number of carbonyl (C=O) groups is 2. The first-order chi connectivity index (χ1) is 12.3. The van der Waals surface area contributed by atoms with Crippen LogP contribution < -0.4 is 4.90 Å². The molecule has 3 heterocycles. The highest BCUT2D eigenvalue weighted by Crippen LogP contribution is 2.23. The van der Waals surface area contributed by atoms with Crippen molar-refractivity contribution in [2.75, 3.05) is 50.7 Å². The van der Waals surface area contributed by atoms with E-state index in [-0.39, 0.29) is 6.09 Å². The molecule has 1 aromatic heterocycles. The number of amides is 1. The van der Waals surface area contributed by atoms with Crippen molar-refractivity contribution in [3.8, 4) is 0 Å². The van der Waals surface area contributed by atoms with E-state index in [1.807, 2.05) is 20.8 Å². The molecule has 0 bridgehead atoms. The molecule has 0 aliphatic carbocycles. The highest BCUT2D eigenvalue weighted by Gasteiger charge is 2.32. The van der Waals surface area contributed by atoms with Crippen molar-refractivity contribution in [1.29, 1.82) is 0 Å². The van der Waals surface area contributed by atoms with Gasteiger partial charge in [0.15, 0.2) is 6.29 Å². The molecule has 2 saturated heterocycles. The smallest absolute Gasteiger partial charge is 0.410 e. The largest absolute Gasteiger partial charge is 0.444 e. The topological polar surface area (TPSA) is 78.9 Å². The summed E-state index contributed by atoms with van der Waals surface area (Å²) in [5.41, 5.74) is -0.0927. The van der Waals surface area contributed by atoms with E-state index in [1.165, 1.54) is 6.20 Å². The third-order valence-electron chi connectivity index (χ3n) is 4.60. The average molecular weight is 361 g/mol. The van der Waals surface area contributed by atoms with Crippen molar-refractivity contribution in [3.05, 3.63) is 18.1 Å². The molecular weight excluding hydrogens is 334 g/mol. The molecule has 0 aromatic carbocycles. The van der Waals surface area contributed by atoms with Crippen LogP contribution in [0.3, 0.4) is 0 Å². The minimum Gasteiger partial charge on any atom is -0.444 e. The van der Waals surface area contributed by atoms with E-state index in [1.54, 1.807) is 11.1 Å². The second-order valence-corrected chi connectivity index (χ2v) is 7.96. The van der Waals surface area contributed by atoms with E-state index in [2.05, 4.69) is 19.8 Å². The highest BCUT2D eigenvalue weighted by molar-refractivity contribution is 5.71. The summed E-state index contributed by atoms with van der Waals surface area (Å²) < 4.78 is 5.43. The molecule has 26 heavy (non-hydrogen) atoms. The van der Waals surface area contributed by atoms with Crippen molar-refractivity contribution in [3.63, 3.8) is 0 Å². The zero-order valence-electron chi connectivity index (χ0n) is 15.7. The molecule has 2 aliphatic rings. The monoisotopic (exact) mass is 361 g/mol. The van der Waals surface area contributed by atoms with Crippen LogP contribution in [-0.4, -0.2) is 83.6 Å². The van der Waals surface area contributed by atoms with E-state index < -0.39 is 5.60 Å². The number of rotatable bonds is 4. The number of anilines is 1. The Hall–Kier alpha value is -2.22. The first kappa shape index (κ1) is 18.6. The lowest BCUT2D eigenvalue weighted by Crippen LogP contribution is -2.56. The number of aldehydes is 1. The van der Waals surface area contributed by atoms with E-state index in [4.69, 9.17) is 4.74 Å². The molecule has 8 nitrogen and oxygen atoms in total. The summed E-state index contributed by atoms with van der Waals surface area (Å²) in [6.45, 7) is 11.8. The standard InChI is InChI=1S/C18H27N5O3/c1-18(2,3)26-17(25)22-6-4-21(5-7-22)10-14-11-23(12-14)16-9-19-15(13-24)8-20-16/h8-9,13-14H,4-7,10-12H2,1-3H3. The number of carbonyl (C=O) groups excluding carboxylic acids is 2. The molecule has 0 N–H and O–H groups in total. The van der Waals surface area contributed by atoms with Gasteiger partial charge in [-0.25, -0.2) is 14.8 Å². The first-order valence-corrected chi connectivity index (χ1v) is 9.06. The number of piperazine rings is 1. The van der Waals surface area contributed by atoms with Gasteiger partial charge in [0.25, 0.3) is 0 Å². The number of hydrogen-bond donors (Lipinski definition) is 0. The van der Waals surface area contributed by atoms with Gasteiger partial charge in [-0.15, -0.1) is 0 Å². The van der Waals surface area contributed by atoms with E-state index in [9.17, 15) is 9.59 Å². The van der Waals surface area contributed by atoms with Crippen molar-refractivity contribution in [1.82, 2.24) is 19.8 Å². The van der Waals surface area contributed by atoms with Crippen molar-refractivity contribution in [2.45, 2.75) is 26.4 Å². The molecule has 2 fully saturated rings. The van der Waals surface area contributed by atoms with Crippen molar-refractivity contribution < 1.29 is 14.3 Å². The Balaban J connectivity index is 1.38. The summed E-state index contributed by atoms with van der Waals surface area (Å²) in [5, 5.41) is 0. The Morgan fingerprint density at radius 1 is 1.19 bits per heavy atom. The Bertz CT molecular complexity index is 629. The van der Waals surface area contributed by atoms with Crippen LogP contribution in [0.2, 0.25) is 0 Å². The first-order valence-electron chi connectivity index (χ1n) is 9.06. The maximum Gasteiger partial charge on any atom is 0.410 e. The number of nitrogens with zero attached hydrogens (tertiary/aromatic N) is 5. The van der Waals surface area contributed by atoms with Crippen LogP contribution in [0.5, 0.6) is 0 Å². The van der Waals surface area contributed by atoms with E-state index >= 15 is 0 Å². The summed E-state index contributed by atoms with van der Waals surface area (Å²) in [6, 6.07) is 0. The summed E-state index contributed by atoms with van der Waals surface area (Å²) >= 11 is 0. The van der Waals surface area contributed by atoms with Crippen molar-refractivity contribution >= 4 is 18.2 Å². The molecule has 1 amide bonds. The lowest BCUT2D eigenvalue weighted by atomic mass is 9.99. The molecule has 142 valence electrons. The molecule has 8 heteroatoms. The van der Waals surface area contributed by atoms with Crippen LogP contribution in [0, 0.1) is 5.92 Å². The second-order valence-electron chi connectivity index (χ2n) is 7.96. The summed E-state index contributed by atoms with van der Waals surface area (Å²) in [4.78, 5) is 37.4. The molecule has 0 saturated carbocycles. The summed E-state index contributed by atoms with van der Waals surface area (Å²) in [5.74, 6) is 1.41. The lowest BCUT2D eigenvalue weighted by molar-refractivity contribution is 0.0129. The third-order valence-corrected chi connectivity index (χ3v) is 4.60. The van der Waals surface area contributed by atoms with Crippen LogP contribution in [0.15, 0.2) is 12.4 Å². The zero-order valence-corrected chi connectivity index (χ0v) is 15.7. The molecule has 0 radical (unpaired) electrons. The van der Waals surface area contributed by atoms with Crippen LogP contribution in [0.4, 0.5) is 10.6 Å². The molecule has 2 aliphatic heterocycles. The van der Waals surface area contributed by atoms with Crippen molar-refractivity contribution in [2.24, 2.45) is 5.92 Å². The van der Waals surface area contributed by atoms with Gasteiger partial charge in [0.05, 0.1) is 12.4 Å². The normalized spacial score (nSPS) is 19.2. The molecule has 0 unspecified atom stereocenters. The van der Waals surface area contributed by atoms with E-state index in [0.717, 1.165) is 38.5 Å². The predicted molar refractivity (Wildman–Crippen MR) is 97.4 cm³/mol. The predicted octanol–water partition coefficient (Wildman–Crippen LogP) is 1.28. The van der Waals surface area contributed by atoms with Gasteiger partial charge in [-0.2, -0.15) is 0 Å². The maximum atomic E-state index is 12.1. The van der Waals surface area contributed by atoms with Gasteiger partial charge in [-0.1, -0.05) is 0 Å². The molecular formula is C18H27N5O3. The Morgan fingerprint density at radius 2 is 1.88 bits per heavy atom. The fraction of sp³-hybridized carbons (Fsp3) is 0.667.